The molecule has 3 amide bonds. The van der Waals surface area contributed by atoms with Gasteiger partial charge in [-0.05, 0) is 45.2 Å². The Morgan fingerprint density at radius 2 is 1.91 bits per heavy atom. The number of sulfone groups is 1. The highest BCUT2D eigenvalue weighted by molar-refractivity contribution is 7.91. The van der Waals surface area contributed by atoms with Gasteiger partial charge in [0.25, 0.3) is 0 Å². The summed E-state index contributed by atoms with van der Waals surface area (Å²) in [6.07, 6.45) is 2.09. The van der Waals surface area contributed by atoms with E-state index in [1.807, 2.05) is 48.9 Å². The number of hydrogen-bond acceptors (Lipinski definition) is 5. The number of para-hydroxylation sites is 1. The molecule has 2 atom stereocenters. The molecular weight excluding hydrogens is 454 g/mol. The third-order valence-corrected chi connectivity index (χ3v) is 8.63. The van der Waals surface area contributed by atoms with Crippen LogP contribution in [-0.2, 0) is 21.2 Å². The van der Waals surface area contributed by atoms with Gasteiger partial charge in [-0.1, -0.05) is 18.2 Å². The van der Waals surface area contributed by atoms with Crippen LogP contribution >= 0.6 is 0 Å². The monoisotopic (exact) mass is 487 g/mol. The predicted molar refractivity (Wildman–Crippen MR) is 130 cm³/mol. The molecule has 184 valence electrons. The number of benzene rings is 1. The first kappa shape index (κ1) is 24.3. The topological polar surface area (TPSA) is 105 Å². The number of likely N-dealkylation sites (tertiary alicyclic amines) is 1. The molecular formula is C24H33N5O4S. The molecule has 2 aliphatic rings. The van der Waals surface area contributed by atoms with Crippen molar-refractivity contribution in [2.45, 2.75) is 45.7 Å². The molecule has 2 fully saturated rings. The Morgan fingerprint density at radius 3 is 2.59 bits per heavy atom. The van der Waals surface area contributed by atoms with Crippen LogP contribution in [0.2, 0.25) is 0 Å². The molecule has 9 nitrogen and oxygen atoms in total. The lowest BCUT2D eigenvalue weighted by Gasteiger charge is -2.34. The fourth-order valence-electron chi connectivity index (χ4n) is 4.96. The lowest BCUT2D eigenvalue weighted by molar-refractivity contribution is -0.136. The minimum Gasteiger partial charge on any atom is -0.341 e. The number of aromatic nitrogens is 2. The fourth-order valence-corrected chi connectivity index (χ4v) is 6.66. The molecule has 4 rings (SSSR count). The van der Waals surface area contributed by atoms with Crippen LogP contribution in [-0.4, -0.2) is 71.6 Å². The predicted octanol–water partition coefficient (Wildman–Crippen LogP) is 2.76. The molecule has 2 saturated heterocycles. The van der Waals surface area contributed by atoms with Crippen molar-refractivity contribution in [2.75, 3.05) is 37.0 Å². The van der Waals surface area contributed by atoms with Crippen LogP contribution in [0.25, 0.3) is 0 Å². The van der Waals surface area contributed by atoms with Crippen molar-refractivity contribution in [1.82, 2.24) is 19.6 Å². The minimum absolute atomic E-state index is 0.00667. The second-order valence-corrected chi connectivity index (χ2v) is 11.7. The first-order valence-corrected chi connectivity index (χ1v) is 13.6. The number of carbonyl (C=O) groups excluding carboxylic acids is 2. The van der Waals surface area contributed by atoms with Crippen molar-refractivity contribution in [2.24, 2.45) is 5.92 Å². The summed E-state index contributed by atoms with van der Waals surface area (Å²) in [7, 11) is -1.23. The SMILES string of the molecule is Cc1nn([C@H]2CCS(=O)(=O)C2)c(C)c1CN(C)C(=O)[C@H]1CCCN(C(=O)Nc2ccccc2)C1. The molecule has 0 aliphatic carbocycles. The van der Waals surface area contributed by atoms with Crippen molar-refractivity contribution in [3.05, 3.63) is 47.3 Å². The van der Waals surface area contributed by atoms with E-state index >= 15 is 0 Å². The van der Waals surface area contributed by atoms with Crippen LogP contribution in [0, 0.1) is 19.8 Å². The normalized spacial score (nSPS) is 21.9. The van der Waals surface area contributed by atoms with Crippen molar-refractivity contribution in [1.29, 1.82) is 0 Å². The minimum atomic E-state index is -3.01. The zero-order valence-electron chi connectivity index (χ0n) is 20.0. The molecule has 0 radical (unpaired) electrons. The number of urea groups is 1. The molecule has 34 heavy (non-hydrogen) atoms. The number of nitrogens with one attached hydrogen (secondary N) is 1. The van der Waals surface area contributed by atoms with Crippen molar-refractivity contribution >= 4 is 27.5 Å². The number of nitrogens with zero attached hydrogens (tertiary/aromatic N) is 4. The third-order valence-electron chi connectivity index (χ3n) is 6.88. The molecule has 0 saturated carbocycles. The van der Waals surface area contributed by atoms with Gasteiger partial charge in [0.1, 0.15) is 0 Å². The van der Waals surface area contributed by atoms with Crippen LogP contribution in [0.5, 0.6) is 0 Å². The van der Waals surface area contributed by atoms with E-state index in [0.29, 0.717) is 26.1 Å². The first-order valence-electron chi connectivity index (χ1n) is 11.8. The number of amides is 3. The van der Waals surface area contributed by atoms with Gasteiger partial charge in [-0.2, -0.15) is 5.10 Å². The van der Waals surface area contributed by atoms with Gasteiger partial charge in [-0.25, -0.2) is 13.2 Å². The summed E-state index contributed by atoms with van der Waals surface area (Å²) >= 11 is 0. The largest absolute Gasteiger partial charge is 0.341 e. The van der Waals surface area contributed by atoms with Gasteiger partial charge in [0, 0.05) is 43.6 Å². The highest BCUT2D eigenvalue weighted by Crippen LogP contribution is 2.28. The van der Waals surface area contributed by atoms with Crippen molar-refractivity contribution < 1.29 is 18.0 Å². The van der Waals surface area contributed by atoms with Crippen molar-refractivity contribution in [3.8, 4) is 0 Å². The van der Waals surface area contributed by atoms with E-state index in [9.17, 15) is 18.0 Å². The zero-order valence-corrected chi connectivity index (χ0v) is 20.8. The van der Waals surface area contributed by atoms with Gasteiger partial charge in [-0.15, -0.1) is 0 Å². The summed E-state index contributed by atoms with van der Waals surface area (Å²) in [5.74, 6) is 0.0643. The van der Waals surface area contributed by atoms with Gasteiger partial charge in [0.05, 0.1) is 29.2 Å². The van der Waals surface area contributed by atoms with E-state index in [2.05, 4.69) is 10.4 Å². The first-order chi connectivity index (χ1) is 16.1. The maximum atomic E-state index is 13.3. The van der Waals surface area contributed by atoms with Crippen LogP contribution < -0.4 is 5.32 Å². The van der Waals surface area contributed by atoms with E-state index in [1.165, 1.54) is 0 Å². The van der Waals surface area contributed by atoms with E-state index in [0.717, 1.165) is 35.5 Å². The Hall–Kier alpha value is -2.88. The lowest BCUT2D eigenvalue weighted by Crippen LogP contribution is -2.47. The molecule has 10 heteroatoms. The summed E-state index contributed by atoms with van der Waals surface area (Å²) in [6.45, 7) is 5.26. The number of rotatable bonds is 5. The van der Waals surface area contributed by atoms with Gasteiger partial charge in [0.15, 0.2) is 9.84 Å². The van der Waals surface area contributed by atoms with Crippen LogP contribution in [0.4, 0.5) is 10.5 Å². The standard InChI is InChI=1S/C24H33N5O4S/c1-17-22(18(2)29(26-17)21-11-13-34(32,33)16-21)15-27(3)23(30)19-8-7-12-28(14-19)24(31)25-20-9-5-4-6-10-20/h4-6,9-10,19,21H,7-8,11-16H2,1-3H3,(H,25,31)/t19-,21-/m0/s1. The van der Waals surface area contributed by atoms with Crippen LogP contribution in [0.3, 0.4) is 0 Å². The van der Waals surface area contributed by atoms with Gasteiger partial charge >= 0.3 is 6.03 Å². The average Bonchev–Trinajstić information content (AvgIpc) is 3.32. The number of anilines is 1. The molecule has 0 bridgehead atoms. The van der Waals surface area contributed by atoms with E-state index < -0.39 is 9.84 Å². The summed E-state index contributed by atoms with van der Waals surface area (Å²) in [5.41, 5.74) is 3.41. The van der Waals surface area contributed by atoms with E-state index in [-0.39, 0.29) is 35.4 Å². The Kier molecular flexibility index (Phi) is 6.97. The molecule has 1 aromatic heterocycles. The quantitative estimate of drug-likeness (QED) is 0.698. The van der Waals surface area contributed by atoms with Gasteiger partial charge < -0.3 is 15.1 Å². The van der Waals surface area contributed by atoms with Crippen molar-refractivity contribution in [3.63, 3.8) is 0 Å². The lowest BCUT2D eigenvalue weighted by atomic mass is 9.96. The summed E-state index contributed by atoms with van der Waals surface area (Å²) < 4.78 is 25.6. The molecule has 2 aliphatic heterocycles. The second-order valence-electron chi connectivity index (χ2n) is 9.43. The maximum absolute atomic E-state index is 13.3. The summed E-state index contributed by atoms with van der Waals surface area (Å²) in [6, 6.07) is 8.97. The number of piperidine rings is 1. The number of carbonyl (C=O) groups is 2. The number of hydrogen-bond donors (Lipinski definition) is 1. The Labute approximate surface area is 201 Å². The molecule has 1 N–H and O–H groups in total. The van der Waals surface area contributed by atoms with Crippen LogP contribution in [0.15, 0.2) is 30.3 Å². The highest BCUT2D eigenvalue weighted by atomic mass is 32.2. The molecule has 1 aromatic carbocycles. The van der Waals surface area contributed by atoms with E-state index in [4.69, 9.17) is 0 Å². The van der Waals surface area contributed by atoms with E-state index in [1.54, 1.807) is 16.8 Å². The summed E-state index contributed by atoms with van der Waals surface area (Å²) in [5, 5.41) is 7.51. The Morgan fingerprint density at radius 1 is 1.18 bits per heavy atom. The molecule has 2 aromatic rings. The van der Waals surface area contributed by atoms with Crippen LogP contribution in [0.1, 0.15) is 42.3 Å². The highest BCUT2D eigenvalue weighted by Gasteiger charge is 2.33. The summed E-state index contributed by atoms with van der Waals surface area (Å²) in [4.78, 5) is 29.4. The smallest absolute Gasteiger partial charge is 0.321 e. The molecule has 0 spiro atoms. The van der Waals surface area contributed by atoms with Gasteiger partial charge in [0.2, 0.25) is 5.91 Å². The zero-order chi connectivity index (χ0) is 24.5. The molecule has 3 heterocycles. The van der Waals surface area contributed by atoms with Gasteiger partial charge in [-0.3, -0.25) is 9.48 Å². The third kappa shape index (κ3) is 5.27. The average molecular weight is 488 g/mol. The maximum Gasteiger partial charge on any atom is 0.321 e. The Bertz CT molecular complexity index is 1160. The number of aryl methyl sites for hydroxylation is 1. The molecule has 0 unspecified atom stereocenters. The fraction of sp³-hybridized carbons (Fsp3) is 0.542. The second kappa shape index (κ2) is 9.77. The Balaban J connectivity index is 1.39.